The molecular weight excluding hydrogens is 344 g/mol. The van der Waals surface area contributed by atoms with Crippen LogP contribution in [0, 0.1) is 17.8 Å². The van der Waals surface area contributed by atoms with E-state index < -0.39 is 5.79 Å². The van der Waals surface area contributed by atoms with Gasteiger partial charge in [0.05, 0.1) is 13.2 Å². The maximum Gasteiger partial charge on any atom is 0.225 e. The highest BCUT2D eigenvalue weighted by molar-refractivity contribution is 5.81. The Hall–Kier alpha value is -1.14. The first-order valence-corrected chi connectivity index (χ1v) is 10.9. The van der Waals surface area contributed by atoms with E-state index in [1.165, 1.54) is 6.42 Å². The molecule has 1 aliphatic carbocycles. The standard InChI is InChI=1S/C21H34N2O4/c1-16-3-2-10-23(15-16)20(25)18-6-4-17(5-7-18)19(24)22-11-8-21(9-12-22)26-13-14-27-21/h16-18H,2-15H2,1H3. The van der Waals surface area contributed by atoms with Gasteiger partial charge in [0.15, 0.2) is 5.79 Å². The summed E-state index contributed by atoms with van der Waals surface area (Å²) in [7, 11) is 0. The zero-order valence-electron chi connectivity index (χ0n) is 16.7. The summed E-state index contributed by atoms with van der Waals surface area (Å²) < 4.78 is 11.5. The van der Waals surface area contributed by atoms with Crippen molar-refractivity contribution in [3.05, 3.63) is 0 Å². The molecule has 4 fully saturated rings. The first kappa shape index (κ1) is 19.2. The Morgan fingerprint density at radius 1 is 0.815 bits per heavy atom. The maximum absolute atomic E-state index is 12.9. The van der Waals surface area contributed by atoms with E-state index in [9.17, 15) is 9.59 Å². The summed E-state index contributed by atoms with van der Waals surface area (Å²) >= 11 is 0. The molecule has 1 spiro atoms. The lowest BCUT2D eigenvalue weighted by Gasteiger charge is -2.40. The van der Waals surface area contributed by atoms with Gasteiger partial charge < -0.3 is 19.3 Å². The number of hydrogen-bond donors (Lipinski definition) is 0. The molecule has 6 nitrogen and oxygen atoms in total. The summed E-state index contributed by atoms with van der Waals surface area (Å²) in [6.07, 6.45) is 7.36. The number of rotatable bonds is 2. The molecule has 1 atom stereocenters. The summed E-state index contributed by atoms with van der Waals surface area (Å²) in [5, 5.41) is 0. The molecule has 0 bridgehead atoms. The highest BCUT2D eigenvalue weighted by Crippen LogP contribution is 2.35. The minimum Gasteiger partial charge on any atom is -0.347 e. The van der Waals surface area contributed by atoms with E-state index in [-0.39, 0.29) is 17.7 Å². The number of piperidine rings is 2. The Kier molecular flexibility index (Phi) is 5.74. The largest absolute Gasteiger partial charge is 0.347 e. The topological polar surface area (TPSA) is 59.1 Å². The van der Waals surface area contributed by atoms with Crippen LogP contribution in [-0.4, -0.2) is 66.8 Å². The van der Waals surface area contributed by atoms with Crippen LogP contribution in [0.2, 0.25) is 0 Å². The van der Waals surface area contributed by atoms with Crippen molar-refractivity contribution in [3.8, 4) is 0 Å². The minimum absolute atomic E-state index is 0.0915. The molecule has 3 saturated heterocycles. The number of carbonyl (C=O) groups excluding carboxylic acids is 2. The van der Waals surface area contributed by atoms with Crippen molar-refractivity contribution < 1.29 is 19.1 Å². The molecule has 0 radical (unpaired) electrons. The van der Waals surface area contributed by atoms with Crippen molar-refractivity contribution in [2.75, 3.05) is 39.4 Å². The summed E-state index contributed by atoms with van der Waals surface area (Å²) in [6, 6.07) is 0. The monoisotopic (exact) mass is 378 g/mol. The van der Waals surface area contributed by atoms with Gasteiger partial charge in [-0.05, 0) is 44.4 Å². The predicted molar refractivity (Wildman–Crippen MR) is 101 cm³/mol. The van der Waals surface area contributed by atoms with E-state index in [4.69, 9.17) is 9.47 Å². The van der Waals surface area contributed by atoms with Gasteiger partial charge in [0.25, 0.3) is 0 Å². The summed E-state index contributed by atoms with van der Waals surface area (Å²) in [6.45, 7) is 6.86. The molecule has 27 heavy (non-hydrogen) atoms. The van der Waals surface area contributed by atoms with Gasteiger partial charge in [0.1, 0.15) is 0 Å². The second-order valence-electron chi connectivity index (χ2n) is 9.01. The predicted octanol–water partition coefficient (Wildman–Crippen LogP) is 2.42. The van der Waals surface area contributed by atoms with Gasteiger partial charge in [-0.2, -0.15) is 0 Å². The van der Waals surface area contributed by atoms with Crippen LogP contribution in [0.3, 0.4) is 0 Å². The van der Waals surface area contributed by atoms with Gasteiger partial charge in [-0.1, -0.05) is 6.92 Å². The molecule has 0 aromatic rings. The molecular formula is C21H34N2O4. The second kappa shape index (κ2) is 8.08. The summed E-state index contributed by atoms with van der Waals surface area (Å²) in [4.78, 5) is 29.8. The smallest absolute Gasteiger partial charge is 0.225 e. The fraction of sp³-hybridized carbons (Fsp3) is 0.905. The quantitative estimate of drug-likeness (QED) is 0.740. The van der Waals surface area contributed by atoms with E-state index in [2.05, 4.69) is 11.8 Å². The third kappa shape index (κ3) is 4.16. The van der Waals surface area contributed by atoms with Gasteiger partial charge >= 0.3 is 0 Å². The molecule has 1 unspecified atom stereocenters. The van der Waals surface area contributed by atoms with Crippen LogP contribution >= 0.6 is 0 Å². The highest BCUT2D eigenvalue weighted by atomic mass is 16.7. The molecule has 4 aliphatic rings. The molecule has 152 valence electrons. The Bertz CT molecular complexity index is 542. The molecule has 0 aromatic heterocycles. The van der Waals surface area contributed by atoms with Crippen molar-refractivity contribution in [2.24, 2.45) is 17.8 Å². The summed E-state index contributed by atoms with van der Waals surface area (Å²) in [5.74, 6) is 1.03. The van der Waals surface area contributed by atoms with Crippen LogP contribution in [-0.2, 0) is 19.1 Å². The lowest BCUT2D eigenvalue weighted by atomic mass is 9.80. The molecule has 0 N–H and O–H groups in total. The molecule has 3 heterocycles. The third-order valence-corrected chi connectivity index (χ3v) is 7.04. The molecule has 4 rings (SSSR count). The zero-order chi connectivity index (χ0) is 18.9. The molecule has 6 heteroatoms. The van der Waals surface area contributed by atoms with Crippen molar-refractivity contribution in [1.82, 2.24) is 9.80 Å². The number of hydrogen-bond acceptors (Lipinski definition) is 4. The molecule has 2 amide bonds. The van der Waals surface area contributed by atoms with Crippen LogP contribution < -0.4 is 0 Å². The number of ether oxygens (including phenoxy) is 2. The third-order valence-electron chi connectivity index (χ3n) is 7.04. The number of nitrogens with zero attached hydrogens (tertiary/aromatic N) is 2. The van der Waals surface area contributed by atoms with E-state index in [1.54, 1.807) is 0 Å². The molecule has 0 aromatic carbocycles. The number of carbonyl (C=O) groups is 2. The van der Waals surface area contributed by atoms with Crippen LogP contribution in [0.4, 0.5) is 0 Å². The Morgan fingerprint density at radius 3 is 1.93 bits per heavy atom. The van der Waals surface area contributed by atoms with Gasteiger partial charge in [0, 0.05) is 50.9 Å². The van der Waals surface area contributed by atoms with Crippen LogP contribution in [0.1, 0.15) is 58.3 Å². The zero-order valence-corrected chi connectivity index (χ0v) is 16.7. The summed E-state index contributed by atoms with van der Waals surface area (Å²) in [5.41, 5.74) is 0. The van der Waals surface area contributed by atoms with E-state index in [0.717, 1.165) is 71.1 Å². The average molecular weight is 379 g/mol. The first-order chi connectivity index (χ1) is 13.1. The van der Waals surface area contributed by atoms with Crippen LogP contribution in [0.25, 0.3) is 0 Å². The maximum atomic E-state index is 12.9. The van der Waals surface area contributed by atoms with E-state index in [1.807, 2.05) is 4.90 Å². The second-order valence-corrected chi connectivity index (χ2v) is 9.01. The van der Waals surface area contributed by atoms with Crippen LogP contribution in [0.15, 0.2) is 0 Å². The SMILES string of the molecule is CC1CCCN(C(=O)C2CCC(C(=O)N3CCC4(CC3)OCCO4)CC2)C1. The lowest BCUT2D eigenvalue weighted by molar-refractivity contribution is -0.188. The molecule has 1 saturated carbocycles. The minimum atomic E-state index is -0.424. The number of likely N-dealkylation sites (tertiary alicyclic amines) is 2. The fourth-order valence-electron chi connectivity index (χ4n) is 5.35. The normalized spacial score (nSPS) is 34.0. The first-order valence-electron chi connectivity index (χ1n) is 10.9. The van der Waals surface area contributed by atoms with Gasteiger partial charge in [0.2, 0.25) is 11.8 Å². The Labute approximate surface area is 162 Å². The fourth-order valence-corrected chi connectivity index (χ4v) is 5.35. The van der Waals surface area contributed by atoms with Gasteiger partial charge in [-0.3, -0.25) is 9.59 Å². The van der Waals surface area contributed by atoms with Gasteiger partial charge in [-0.15, -0.1) is 0 Å². The van der Waals surface area contributed by atoms with Crippen molar-refractivity contribution in [2.45, 2.75) is 64.1 Å². The highest BCUT2D eigenvalue weighted by Gasteiger charge is 2.42. The van der Waals surface area contributed by atoms with Crippen molar-refractivity contribution >= 4 is 11.8 Å². The van der Waals surface area contributed by atoms with Crippen molar-refractivity contribution in [1.29, 1.82) is 0 Å². The molecule has 3 aliphatic heterocycles. The Balaban J connectivity index is 1.24. The van der Waals surface area contributed by atoms with E-state index >= 15 is 0 Å². The van der Waals surface area contributed by atoms with Gasteiger partial charge in [-0.25, -0.2) is 0 Å². The number of amides is 2. The lowest BCUT2D eigenvalue weighted by Crippen LogP contribution is -2.49. The van der Waals surface area contributed by atoms with Crippen LogP contribution in [0.5, 0.6) is 0 Å². The average Bonchev–Trinajstić information content (AvgIpc) is 3.15. The Morgan fingerprint density at radius 2 is 1.37 bits per heavy atom. The van der Waals surface area contributed by atoms with Crippen molar-refractivity contribution in [3.63, 3.8) is 0 Å². The van der Waals surface area contributed by atoms with E-state index in [0.29, 0.717) is 25.0 Å².